The molecule has 0 radical (unpaired) electrons. The maximum Gasteiger partial charge on any atom is 0.309 e. The van der Waals surface area contributed by atoms with Gasteiger partial charge in [-0.25, -0.2) is 0 Å². The summed E-state index contributed by atoms with van der Waals surface area (Å²) >= 11 is 0. The summed E-state index contributed by atoms with van der Waals surface area (Å²) in [7, 11) is 0. The second-order valence-corrected chi connectivity index (χ2v) is 6.55. The number of fused-ring (bicyclic) bond motifs is 1. The summed E-state index contributed by atoms with van der Waals surface area (Å²) in [6.45, 7) is 5.93. The first-order chi connectivity index (χ1) is 8.98. The summed E-state index contributed by atoms with van der Waals surface area (Å²) < 4.78 is 6.01. The van der Waals surface area contributed by atoms with Gasteiger partial charge in [-0.2, -0.15) is 0 Å². The Labute approximate surface area is 115 Å². The fourth-order valence-corrected chi connectivity index (χ4v) is 3.46. The summed E-state index contributed by atoms with van der Waals surface area (Å²) in [5.74, 6) is -0.146. The van der Waals surface area contributed by atoms with Crippen LogP contribution in [0.4, 0.5) is 0 Å². The van der Waals surface area contributed by atoms with Crippen molar-refractivity contribution in [1.82, 2.24) is 0 Å². The van der Waals surface area contributed by atoms with Crippen molar-refractivity contribution in [3.63, 3.8) is 0 Å². The van der Waals surface area contributed by atoms with E-state index in [9.17, 15) is 4.79 Å². The van der Waals surface area contributed by atoms with Gasteiger partial charge in [0, 0.05) is 5.41 Å². The lowest BCUT2D eigenvalue weighted by molar-refractivity contribution is -0.174. The Morgan fingerprint density at radius 2 is 1.89 bits per heavy atom. The molecule has 1 aromatic rings. The average Bonchev–Trinajstić information content (AvgIpc) is 3.16. The highest BCUT2D eigenvalue weighted by atomic mass is 16.6. The third-order valence-corrected chi connectivity index (χ3v) is 5.05. The Balaban J connectivity index is 2.03. The minimum atomic E-state index is -0.427. The zero-order valence-corrected chi connectivity index (χ0v) is 12.0. The Kier molecular flexibility index (Phi) is 2.74. The smallest absolute Gasteiger partial charge is 0.309 e. The highest BCUT2D eigenvalue weighted by Crippen LogP contribution is 2.65. The van der Waals surface area contributed by atoms with Crippen LogP contribution in [0, 0.1) is 11.3 Å². The molecular weight excluding hydrogens is 236 g/mol. The van der Waals surface area contributed by atoms with E-state index in [1.54, 1.807) is 0 Å². The molecule has 2 aliphatic rings. The third-order valence-electron chi connectivity index (χ3n) is 5.05. The summed E-state index contributed by atoms with van der Waals surface area (Å²) in [6.07, 6.45) is 4.63. The molecule has 2 nitrogen and oxygen atoms in total. The van der Waals surface area contributed by atoms with Crippen LogP contribution in [0.25, 0.3) is 0 Å². The van der Waals surface area contributed by atoms with Gasteiger partial charge in [0.1, 0.15) is 5.60 Å². The molecule has 1 atom stereocenters. The molecular formula is C17H22O2. The first-order valence-corrected chi connectivity index (χ1v) is 7.30. The van der Waals surface area contributed by atoms with Crippen LogP contribution in [0.5, 0.6) is 0 Å². The zero-order valence-electron chi connectivity index (χ0n) is 12.0. The van der Waals surface area contributed by atoms with E-state index in [2.05, 4.69) is 31.2 Å². The molecule has 2 heteroatoms. The maximum absolute atomic E-state index is 12.1. The van der Waals surface area contributed by atoms with Crippen LogP contribution in [0.2, 0.25) is 0 Å². The fourth-order valence-electron chi connectivity index (χ4n) is 3.46. The normalized spacial score (nSPS) is 27.2. The number of carbonyl (C=O) groups is 1. The number of hydrogen-bond donors (Lipinski definition) is 0. The highest BCUT2D eigenvalue weighted by molar-refractivity contribution is 5.72. The molecule has 19 heavy (non-hydrogen) atoms. The molecule has 1 aromatic carbocycles. The molecule has 0 N–H and O–H groups in total. The molecule has 0 bridgehead atoms. The van der Waals surface area contributed by atoms with E-state index in [-0.39, 0.29) is 17.3 Å². The molecule has 0 saturated heterocycles. The van der Waals surface area contributed by atoms with E-state index < -0.39 is 5.60 Å². The molecule has 3 rings (SSSR count). The minimum absolute atomic E-state index is 0.0679. The monoisotopic (exact) mass is 258 g/mol. The van der Waals surface area contributed by atoms with Gasteiger partial charge in [0.05, 0.1) is 5.92 Å². The van der Waals surface area contributed by atoms with Crippen molar-refractivity contribution in [2.75, 3.05) is 0 Å². The largest absolute Gasteiger partial charge is 0.454 e. The highest BCUT2D eigenvalue weighted by Gasteiger charge is 2.61. The molecule has 2 aliphatic carbocycles. The van der Waals surface area contributed by atoms with Crippen molar-refractivity contribution in [2.45, 2.75) is 52.1 Å². The van der Waals surface area contributed by atoms with Crippen molar-refractivity contribution in [1.29, 1.82) is 0 Å². The number of benzene rings is 1. The van der Waals surface area contributed by atoms with Gasteiger partial charge in [-0.15, -0.1) is 0 Å². The second-order valence-electron chi connectivity index (χ2n) is 6.55. The lowest BCUT2D eigenvalue weighted by atomic mass is 9.70. The minimum Gasteiger partial charge on any atom is -0.454 e. The molecule has 0 amide bonds. The van der Waals surface area contributed by atoms with Gasteiger partial charge in [-0.1, -0.05) is 38.1 Å². The Hall–Kier alpha value is -1.31. The van der Waals surface area contributed by atoms with Gasteiger partial charge in [0.2, 0.25) is 0 Å². The Morgan fingerprint density at radius 3 is 2.53 bits per heavy atom. The van der Waals surface area contributed by atoms with Crippen LogP contribution >= 0.6 is 0 Å². The van der Waals surface area contributed by atoms with E-state index >= 15 is 0 Å². The van der Waals surface area contributed by atoms with Crippen LogP contribution in [0.3, 0.4) is 0 Å². The van der Waals surface area contributed by atoms with Crippen molar-refractivity contribution in [2.24, 2.45) is 11.3 Å². The number of carbonyl (C=O) groups excluding carboxylic acids is 1. The predicted molar refractivity (Wildman–Crippen MR) is 74.7 cm³/mol. The number of ether oxygens (including phenoxy) is 1. The van der Waals surface area contributed by atoms with Gasteiger partial charge in [-0.3, -0.25) is 4.79 Å². The van der Waals surface area contributed by atoms with Crippen molar-refractivity contribution >= 4 is 5.97 Å². The van der Waals surface area contributed by atoms with E-state index in [0.29, 0.717) is 0 Å². The van der Waals surface area contributed by atoms with Gasteiger partial charge in [0.15, 0.2) is 0 Å². The van der Waals surface area contributed by atoms with Gasteiger partial charge in [0.25, 0.3) is 0 Å². The summed E-state index contributed by atoms with van der Waals surface area (Å²) in [4.78, 5) is 12.1. The predicted octanol–water partition coefficient (Wildman–Crippen LogP) is 3.83. The van der Waals surface area contributed by atoms with E-state index in [1.807, 2.05) is 13.8 Å². The zero-order chi connectivity index (χ0) is 13.7. The van der Waals surface area contributed by atoms with Gasteiger partial charge >= 0.3 is 5.97 Å². The quantitative estimate of drug-likeness (QED) is 0.754. The van der Waals surface area contributed by atoms with Gasteiger partial charge in [-0.05, 0) is 43.7 Å². The first kappa shape index (κ1) is 12.7. The lowest BCUT2D eigenvalue weighted by Crippen LogP contribution is -2.43. The molecule has 102 valence electrons. The molecule has 0 aliphatic heterocycles. The summed E-state index contributed by atoms with van der Waals surface area (Å²) in [5, 5.41) is 0. The van der Waals surface area contributed by atoms with Crippen LogP contribution in [0.1, 0.15) is 51.2 Å². The number of hydrogen-bond acceptors (Lipinski definition) is 2. The topological polar surface area (TPSA) is 26.3 Å². The van der Waals surface area contributed by atoms with Crippen molar-refractivity contribution in [3.05, 3.63) is 35.4 Å². The summed E-state index contributed by atoms with van der Waals surface area (Å²) in [6, 6.07) is 8.45. The molecule has 1 fully saturated rings. The SMILES string of the molecule is CC(C)C(=O)OC1(C)c2ccccc2CCC12CC2. The lowest BCUT2D eigenvalue weighted by Gasteiger charge is -2.43. The number of aryl methyl sites for hydroxylation is 1. The van der Waals surface area contributed by atoms with Crippen LogP contribution in [-0.2, 0) is 21.6 Å². The van der Waals surface area contributed by atoms with E-state index in [1.165, 1.54) is 24.0 Å². The van der Waals surface area contributed by atoms with Crippen LogP contribution in [0.15, 0.2) is 24.3 Å². The summed E-state index contributed by atoms with van der Waals surface area (Å²) in [5.41, 5.74) is 2.35. The second kappa shape index (κ2) is 4.09. The third kappa shape index (κ3) is 1.80. The molecule has 1 spiro atoms. The molecule has 0 heterocycles. The van der Waals surface area contributed by atoms with Crippen LogP contribution in [-0.4, -0.2) is 5.97 Å². The Morgan fingerprint density at radius 1 is 1.21 bits per heavy atom. The Bertz CT molecular complexity index is 514. The maximum atomic E-state index is 12.1. The van der Waals surface area contributed by atoms with Crippen LogP contribution < -0.4 is 0 Å². The van der Waals surface area contributed by atoms with Crippen molar-refractivity contribution in [3.8, 4) is 0 Å². The molecule has 1 unspecified atom stereocenters. The van der Waals surface area contributed by atoms with E-state index in [0.717, 1.165) is 12.8 Å². The molecule has 0 aromatic heterocycles. The average molecular weight is 258 g/mol. The standard InChI is InChI=1S/C17H22O2/c1-12(2)15(18)19-16(3)14-7-5-4-6-13(14)8-9-17(16)10-11-17/h4-7,12H,8-11H2,1-3H3. The van der Waals surface area contributed by atoms with E-state index in [4.69, 9.17) is 4.74 Å². The fraction of sp³-hybridized carbons (Fsp3) is 0.588. The van der Waals surface area contributed by atoms with Crippen molar-refractivity contribution < 1.29 is 9.53 Å². The first-order valence-electron chi connectivity index (χ1n) is 7.30. The molecule has 1 saturated carbocycles. The number of rotatable bonds is 2. The number of esters is 1. The van der Waals surface area contributed by atoms with Gasteiger partial charge < -0.3 is 4.74 Å².